The van der Waals surface area contributed by atoms with E-state index in [-0.39, 0.29) is 0 Å². The molecule has 4 nitrogen and oxygen atoms in total. The monoisotopic (exact) mass is 357 g/mol. The number of ether oxygens (including phenoxy) is 1. The largest absolute Gasteiger partial charge is 0.480 e. The SMILES string of the molecule is C=COC(N)/C(C)=C(\Nc1ccc(C)cc1C)c1cc(Cl)ccc1N. The molecular weight excluding hydrogens is 334 g/mol. The minimum absolute atomic E-state index is 0.593. The van der Waals surface area contributed by atoms with E-state index >= 15 is 0 Å². The van der Waals surface area contributed by atoms with Gasteiger partial charge < -0.3 is 15.8 Å². The molecule has 132 valence electrons. The zero-order valence-electron chi connectivity index (χ0n) is 14.8. The first-order valence-corrected chi connectivity index (χ1v) is 8.33. The molecule has 25 heavy (non-hydrogen) atoms. The number of nitrogen functional groups attached to an aromatic ring is 1. The van der Waals surface area contributed by atoms with E-state index < -0.39 is 6.23 Å². The van der Waals surface area contributed by atoms with E-state index in [4.69, 9.17) is 27.8 Å². The predicted molar refractivity (Wildman–Crippen MR) is 107 cm³/mol. The third-order valence-corrected chi connectivity index (χ3v) is 4.23. The van der Waals surface area contributed by atoms with E-state index in [1.165, 1.54) is 11.8 Å². The third-order valence-electron chi connectivity index (χ3n) is 3.99. The molecule has 0 spiro atoms. The summed E-state index contributed by atoms with van der Waals surface area (Å²) in [5.41, 5.74) is 18.5. The van der Waals surface area contributed by atoms with E-state index in [1.807, 2.05) is 32.0 Å². The Balaban J connectivity index is 2.58. The molecule has 2 rings (SSSR count). The van der Waals surface area contributed by atoms with Crippen LogP contribution in [0.4, 0.5) is 11.4 Å². The van der Waals surface area contributed by atoms with Crippen LogP contribution in [0.3, 0.4) is 0 Å². The lowest BCUT2D eigenvalue weighted by Crippen LogP contribution is -2.25. The maximum Gasteiger partial charge on any atom is 0.171 e. The van der Waals surface area contributed by atoms with Gasteiger partial charge in [-0.15, -0.1) is 0 Å². The Morgan fingerprint density at radius 2 is 1.96 bits per heavy atom. The summed E-state index contributed by atoms with van der Waals surface area (Å²) >= 11 is 6.18. The topological polar surface area (TPSA) is 73.3 Å². The lowest BCUT2D eigenvalue weighted by Gasteiger charge is -2.22. The molecule has 0 saturated carbocycles. The number of anilines is 2. The molecule has 5 heteroatoms. The van der Waals surface area contributed by atoms with Crippen LogP contribution in [0.2, 0.25) is 5.02 Å². The van der Waals surface area contributed by atoms with Crippen molar-refractivity contribution < 1.29 is 4.74 Å². The molecule has 0 aliphatic rings. The van der Waals surface area contributed by atoms with Crippen molar-refractivity contribution in [2.45, 2.75) is 27.0 Å². The fourth-order valence-corrected chi connectivity index (χ4v) is 2.73. The summed E-state index contributed by atoms with van der Waals surface area (Å²) < 4.78 is 5.33. The second-order valence-corrected chi connectivity index (χ2v) is 6.39. The van der Waals surface area contributed by atoms with Crippen LogP contribution in [-0.2, 0) is 4.74 Å². The zero-order chi connectivity index (χ0) is 18.6. The highest BCUT2D eigenvalue weighted by Crippen LogP contribution is 2.31. The Kier molecular flexibility index (Phi) is 6.12. The van der Waals surface area contributed by atoms with Gasteiger partial charge in [0, 0.05) is 27.5 Å². The van der Waals surface area contributed by atoms with Gasteiger partial charge in [-0.1, -0.05) is 35.9 Å². The number of nitrogens with two attached hydrogens (primary N) is 2. The summed E-state index contributed by atoms with van der Waals surface area (Å²) in [5, 5.41) is 4.04. The van der Waals surface area contributed by atoms with Crippen molar-refractivity contribution in [1.29, 1.82) is 0 Å². The molecule has 2 aromatic rings. The Labute approximate surface area is 154 Å². The summed E-state index contributed by atoms with van der Waals surface area (Å²) in [6.45, 7) is 9.56. The minimum atomic E-state index is -0.649. The summed E-state index contributed by atoms with van der Waals surface area (Å²) in [5.74, 6) is 0. The van der Waals surface area contributed by atoms with Crippen molar-refractivity contribution in [2.24, 2.45) is 5.73 Å². The average molecular weight is 358 g/mol. The summed E-state index contributed by atoms with van der Waals surface area (Å²) in [7, 11) is 0. The molecule has 0 aliphatic carbocycles. The maximum absolute atomic E-state index is 6.18. The smallest absolute Gasteiger partial charge is 0.171 e. The van der Waals surface area contributed by atoms with E-state index in [2.05, 4.69) is 24.9 Å². The molecule has 0 aliphatic heterocycles. The molecule has 1 atom stereocenters. The number of rotatable bonds is 6. The van der Waals surface area contributed by atoms with E-state index in [0.717, 1.165) is 28.1 Å². The van der Waals surface area contributed by atoms with Crippen LogP contribution in [0.15, 0.2) is 54.8 Å². The van der Waals surface area contributed by atoms with Gasteiger partial charge in [-0.05, 0) is 50.6 Å². The minimum Gasteiger partial charge on any atom is -0.480 e. The average Bonchev–Trinajstić information content (AvgIpc) is 2.56. The van der Waals surface area contributed by atoms with E-state index in [9.17, 15) is 0 Å². The normalized spacial score (nSPS) is 13.0. The van der Waals surface area contributed by atoms with Crippen molar-refractivity contribution in [2.75, 3.05) is 11.1 Å². The van der Waals surface area contributed by atoms with Gasteiger partial charge in [0.15, 0.2) is 6.23 Å². The number of halogens is 1. The van der Waals surface area contributed by atoms with Gasteiger partial charge in [0.05, 0.1) is 12.0 Å². The van der Waals surface area contributed by atoms with Crippen molar-refractivity contribution in [3.63, 3.8) is 0 Å². The number of aryl methyl sites for hydroxylation is 2. The molecule has 5 N–H and O–H groups in total. The Bertz CT molecular complexity index is 815. The lowest BCUT2D eigenvalue weighted by atomic mass is 10.0. The molecule has 0 amide bonds. The molecule has 2 aromatic carbocycles. The summed E-state index contributed by atoms with van der Waals surface area (Å²) in [6, 6.07) is 11.5. The van der Waals surface area contributed by atoms with E-state index in [0.29, 0.717) is 10.7 Å². The number of nitrogens with one attached hydrogen (secondary N) is 1. The van der Waals surface area contributed by atoms with Crippen LogP contribution in [0.25, 0.3) is 5.70 Å². The van der Waals surface area contributed by atoms with Crippen LogP contribution in [0.5, 0.6) is 0 Å². The number of hydrogen-bond donors (Lipinski definition) is 3. The molecule has 0 fully saturated rings. The first kappa shape index (κ1) is 18.9. The third kappa shape index (κ3) is 4.56. The highest BCUT2D eigenvalue weighted by molar-refractivity contribution is 6.30. The van der Waals surface area contributed by atoms with Crippen LogP contribution in [0, 0.1) is 13.8 Å². The molecule has 1 unspecified atom stereocenters. The number of hydrogen-bond acceptors (Lipinski definition) is 4. The molecule has 0 saturated heterocycles. The molecule has 0 bridgehead atoms. The predicted octanol–water partition coefficient (Wildman–Crippen LogP) is 4.83. The molecule has 0 radical (unpaired) electrons. The zero-order valence-corrected chi connectivity index (χ0v) is 15.5. The van der Waals surface area contributed by atoms with Crippen molar-refractivity contribution in [3.05, 3.63) is 76.5 Å². The van der Waals surface area contributed by atoms with Gasteiger partial charge in [-0.3, -0.25) is 5.73 Å². The lowest BCUT2D eigenvalue weighted by molar-refractivity contribution is 0.184. The first-order chi connectivity index (χ1) is 11.8. The molecular formula is C20H24ClN3O. The quantitative estimate of drug-likeness (QED) is 0.393. The van der Waals surface area contributed by atoms with Crippen molar-refractivity contribution in [3.8, 4) is 0 Å². The summed E-state index contributed by atoms with van der Waals surface area (Å²) in [4.78, 5) is 0. The number of benzene rings is 2. The fourth-order valence-electron chi connectivity index (χ4n) is 2.56. The Morgan fingerprint density at radius 3 is 2.60 bits per heavy atom. The van der Waals surface area contributed by atoms with Gasteiger partial charge in [0.2, 0.25) is 0 Å². The van der Waals surface area contributed by atoms with Gasteiger partial charge in [-0.25, -0.2) is 0 Å². The van der Waals surface area contributed by atoms with Gasteiger partial charge in [0.1, 0.15) is 0 Å². The highest BCUT2D eigenvalue weighted by atomic mass is 35.5. The molecule has 0 aromatic heterocycles. The van der Waals surface area contributed by atoms with Crippen LogP contribution >= 0.6 is 11.6 Å². The highest BCUT2D eigenvalue weighted by Gasteiger charge is 2.16. The second kappa shape index (κ2) is 8.10. The molecule has 0 heterocycles. The van der Waals surface area contributed by atoms with Crippen molar-refractivity contribution in [1.82, 2.24) is 0 Å². The maximum atomic E-state index is 6.18. The van der Waals surface area contributed by atoms with Gasteiger partial charge in [-0.2, -0.15) is 0 Å². The van der Waals surface area contributed by atoms with Crippen molar-refractivity contribution >= 4 is 28.7 Å². The fraction of sp³-hybridized carbons (Fsp3) is 0.200. The summed E-state index contributed by atoms with van der Waals surface area (Å²) in [6.07, 6.45) is 0.675. The Morgan fingerprint density at radius 1 is 1.24 bits per heavy atom. The van der Waals surface area contributed by atoms with Crippen LogP contribution in [0.1, 0.15) is 23.6 Å². The van der Waals surface area contributed by atoms with Gasteiger partial charge >= 0.3 is 0 Å². The van der Waals surface area contributed by atoms with Crippen LogP contribution in [-0.4, -0.2) is 6.23 Å². The van der Waals surface area contributed by atoms with E-state index in [1.54, 1.807) is 12.1 Å². The van der Waals surface area contributed by atoms with Gasteiger partial charge in [0.25, 0.3) is 0 Å². The Hall–Kier alpha value is -2.43. The first-order valence-electron chi connectivity index (χ1n) is 7.96. The second-order valence-electron chi connectivity index (χ2n) is 5.96. The standard InChI is InChI=1S/C20H24ClN3O/c1-5-25-20(23)14(4)19(16-11-15(21)7-8-17(16)22)24-18-9-6-12(2)10-13(18)3/h5-11,20,24H,1,22-23H2,2-4H3/b19-14-. The van der Waals surface area contributed by atoms with Crippen LogP contribution < -0.4 is 16.8 Å².